The first kappa shape index (κ1) is 15.6. The van der Waals surface area contributed by atoms with Crippen LogP contribution in [0.4, 0.5) is 0 Å². The average Bonchev–Trinajstić information content (AvgIpc) is 2.53. The molecule has 0 spiro atoms. The van der Waals surface area contributed by atoms with Crippen LogP contribution >= 0.6 is 0 Å². The zero-order chi connectivity index (χ0) is 15.9. The van der Waals surface area contributed by atoms with Crippen LogP contribution < -0.4 is 4.74 Å². The molecule has 0 aromatic heterocycles. The molecular weight excluding hydrogens is 284 g/mol. The molecule has 114 valence electrons. The van der Waals surface area contributed by atoms with Gasteiger partial charge in [0.15, 0.2) is 12.4 Å². The quantitative estimate of drug-likeness (QED) is 0.656. The van der Waals surface area contributed by atoms with E-state index >= 15 is 0 Å². The van der Waals surface area contributed by atoms with Gasteiger partial charge in [-0.3, -0.25) is 4.79 Å². The number of aromatic hydroxyl groups is 1. The van der Waals surface area contributed by atoms with Gasteiger partial charge in [-0.15, -0.1) is 0 Å². The van der Waals surface area contributed by atoms with E-state index < -0.39 is 5.97 Å². The Balaban J connectivity index is 1.93. The van der Waals surface area contributed by atoms with Gasteiger partial charge in [0.1, 0.15) is 11.5 Å². The Kier molecular flexibility index (Phi) is 5.14. The molecule has 2 rings (SSSR count). The highest BCUT2D eigenvalue weighted by molar-refractivity contribution is 5.99. The largest absolute Gasteiger partial charge is 0.508 e. The Morgan fingerprint density at radius 3 is 2.41 bits per heavy atom. The maximum absolute atomic E-state index is 11.9. The predicted molar refractivity (Wildman–Crippen MR) is 80.3 cm³/mol. The summed E-state index contributed by atoms with van der Waals surface area (Å²) in [6.07, 6.45) is 0. The molecule has 0 amide bonds. The lowest BCUT2D eigenvalue weighted by Gasteiger charge is -2.06. The molecule has 5 nitrogen and oxygen atoms in total. The molecule has 0 saturated heterocycles. The van der Waals surface area contributed by atoms with E-state index in [0.717, 1.165) is 0 Å². The number of phenols is 1. The number of rotatable bonds is 6. The lowest BCUT2D eigenvalue weighted by atomic mass is 10.1. The molecule has 0 unspecified atom stereocenters. The summed E-state index contributed by atoms with van der Waals surface area (Å²) in [5, 5.41) is 9.30. The number of carbonyl (C=O) groups is 2. The molecule has 22 heavy (non-hydrogen) atoms. The van der Waals surface area contributed by atoms with Crippen molar-refractivity contribution >= 4 is 11.8 Å². The summed E-state index contributed by atoms with van der Waals surface area (Å²) in [6.45, 7) is 2.07. The van der Waals surface area contributed by atoms with Crippen molar-refractivity contribution < 1.29 is 24.2 Å². The summed E-state index contributed by atoms with van der Waals surface area (Å²) in [6, 6.07) is 12.4. The van der Waals surface area contributed by atoms with Crippen LogP contribution in [0, 0.1) is 0 Å². The van der Waals surface area contributed by atoms with Crippen LogP contribution in [0.25, 0.3) is 0 Å². The number of hydrogen-bond acceptors (Lipinski definition) is 5. The fourth-order valence-corrected chi connectivity index (χ4v) is 1.83. The summed E-state index contributed by atoms with van der Waals surface area (Å²) in [4.78, 5) is 23.7. The van der Waals surface area contributed by atoms with Crippen molar-refractivity contribution in [2.75, 3.05) is 13.2 Å². The monoisotopic (exact) mass is 300 g/mol. The predicted octanol–water partition coefficient (Wildman–Crippen LogP) is 2.83. The third-order valence-corrected chi connectivity index (χ3v) is 2.90. The van der Waals surface area contributed by atoms with Crippen LogP contribution in [0.1, 0.15) is 27.6 Å². The Hall–Kier alpha value is -2.82. The number of benzene rings is 2. The van der Waals surface area contributed by atoms with Crippen molar-refractivity contribution in [3.05, 3.63) is 59.7 Å². The number of hydrogen-bond donors (Lipinski definition) is 1. The Labute approximate surface area is 128 Å². The highest BCUT2D eigenvalue weighted by Gasteiger charge is 2.12. The Morgan fingerprint density at radius 1 is 1.05 bits per heavy atom. The van der Waals surface area contributed by atoms with Gasteiger partial charge in [-0.1, -0.05) is 6.07 Å². The van der Waals surface area contributed by atoms with Crippen LogP contribution in [0.3, 0.4) is 0 Å². The number of Topliss-reactive ketones (excluding diaryl/α,β-unsaturated/α-hetero) is 1. The molecule has 0 radical (unpaired) electrons. The molecule has 0 saturated carbocycles. The highest BCUT2D eigenvalue weighted by atomic mass is 16.5. The number of ether oxygens (including phenoxy) is 2. The van der Waals surface area contributed by atoms with Crippen molar-refractivity contribution in [1.29, 1.82) is 0 Å². The minimum atomic E-state index is -0.657. The van der Waals surface area contributed by atoms with E-state index in [2.05, 4.69) is 0 Å². The van der Waals surface area contributed by atoms with Crippen molar-refractivity contribution in [3.63, 3.8) is 0 Å². The van der Waals surface area contributed by atoms with Gasteiger partial charge >= 0.3 is 5.97 Å². The van der Waals surface area contributed by atoms with E-state index in [9.17, 15) is 14.7 Å². The van der Waals surface area contributed by atoms with Gasteiger partial charge in [0, 0.05) is 5.56 Å². The first-order valence-electron chi connectivity index (χ1n) is 6.82. The third kappa shape index (κ3) is 4.09. The minimum Gasteiger partial charge on any atom is -0.508 e. The standard InChI is InChI=1S/C17H16O5/c1-2-21-15-8-6-12(7-9-15)16(19)11-22-17(20)13-4-3-5-14(18)10-13/h3-10,18H,2,11H2,1H3. The number of carbonyl (C=O) groups excluding carboxylic acids is 2. The number of ketones is 1. The van der Waals surface area contributed by atoms with E-state index in [-0.39, 0.29) is 23.7 Å². The summed E-state index contributed by atoms with van der Waals surface area (Å²) < 4.78 is 10.2. The van der Waals surface area contributed by atoms with Crippen molar-refractivity contribution in [2.24, 2.45) is 0 Å². The molecule has 0 fully saturated rings. The van der Waals surface area contributed by atoms with Gasteiger partial charge in [0.25, 0.3) is 0 Å². The van der Waals surface area contributed by atoms with E-state index in [0.29, 0.717) is 17.9 Å². The third-order valence-electron chi connectivity index (χ3n) is 2.90. The maximum atomic E-state index is 11.9. The molecule has 0 bridgehead atoms. The Bertz CT molecular complexity index is 661. The molecular formula is C17H16O5. The smallest absolute Gasteiger partial charge is 0.338 e. The summed E-state index contributed by atoms with van der Waals surface area (Å²) in [7, 11) is 0. The van der Waals surface area contributed by atoms with Crippen LogP contribution in [0.15, 0.2) is 48.5 Å². The lowest BCUT2D eigenvalue weighted by molar-refractivity contribution is 0.0474. The van der Waals surface area contributed by atoms with E-state index in [1.165, 1.54) is 24.3 Å². The second-order valence-corrected chi connectivity index (χ2v) is 4.51. The van der Waals surface area contributed by atoms with Gasteiger partial charge < -0.3 is 14.6 Å². The topological polar surface area (TPSA) is 72.8 Å². The first-order chi connectivity index (χ1) is 10.6. The molecule has 5 heteroatoms. The molecule has 0 aliphatic rings. The second kappa shape index (κ2) is 7.26. The SMILES string of the molecule is CCOc1ccc(C(=O)COC(=O)c2cccc(O)c2)cc1. The molecule has 0 heterocycles. The minimum absolute atomic E-state index is 0.0349. The van der Waals surface area contributed by atoms with Crippen molar-refractivity contribution in [1.82, 2.24) is 0 Å². The van der Waals surface area contributed by atoms with Crippen LogP contribution in [0.5, 0.6) is 11.5 Å². The number of esters is 1. The van der Waals surface area contributed by atoms with Gasteiger partial charge in [-0.05, 0) is 49.4 Å². The normalized spacial score (nSPS) is 10.0. The lowest BCUT2D eigenvalue weighted by Crippen LogP contribution is -2.14. The number of phenolic OH excluding ortho intramolecular Hbond substituents is 1. The summed E-state index contributed by atoms with van der Waals surface area (Å²) >= 11 is 0. The molecule has 2 aromatic carbocycles. The van der Waals surface area contributed by atoms with Gasteiger partial charge in [0.2, 0.25) is 0 Å². The second-order valence-electron chi connectivity index (χ2n) is 4.51. The average molecular weight is 300 g/mol. The van der Waals surface area contributed by atoms with E-state index in [1.807, 2.05) is 6.92 Å². The molecule has 0 atom stereocenters. The van der Waals surface area contributed by atoms with E-state index in [4.69, 9.17) is 9.47 Å². The molecule has 0 aliphatic carbocycles. The van der Waals surface area contributed by atoms with E-state index in [1.54, 1.807) is 24.3 Å². The van der Waals surface area contributed by atoms with Crippen molar-refractivity contribution in [3.8, 4) is 11.5 Å². The van der Waals surface area contributed by atoms with Crippen LogP contribution in [-0.4, -0.2) is 30.1 Å². The van der Waals surface area contributed by atoms with Gasteiger partial charge in [-0.25, -0.2) is 4.79 Å². The zero-order valence-electron chi connectivity index (χ0n) is 12.1. The molecule has 0 aliphatic heterocycles. The first-order valence-corrected chi connectivity index (χ1v) is 6.82. The maximum Gasteiger partial charge on any atom is 0.338 e. The Morgan fingerprint density at radius 2 is 1.77 bits per heavy atom. The van der Waals surface area contributed by atoms with Crippen molar-refractivity contribution in [2.45, 2.75) is 6.92 Å². The molecule has 1 N–H and O–H groups in total. The van der Waals surface area contributed by atoms with Crippen LogP contribution in [0.2, 0.25) is 0 Å². The fraction of sp³-hybridized carbons (Fsp3) is 0.176. The fourth-order valence-electron chi connectivity index (χ4n) is 1.83. The highest BCUT2D eigenvalue weighted by Crippen LogP contribution is 2.14. The zero-order valence-corrected chi connectivity index (χ0v) is 12.1. The van der Waals surface area contributed by atoms with Gasteiger partial charge in [0.05, 0.1) is 12.2 Å². The summed E-state index contributed by atoms with van der Waals surface area (Å²) in [5.41, 5.74) is 0.631. The van der Waals surface area contributed by atoms with Gasteiger partial charge in [-0.2, -0.15) is 0 Å². The van der Waals surface area contributed by atoms with Crippen LogP contribution in [-0.2, 0) is 4.74 Å². The molecule has 2 aromatic rings. The summed E-state index contributed by atoms with van der Waals surface area (Å²) in [5.74, 6) is -0.324.